The summed E-state index contributed by atoms with van der Waals surface area (Å²) < 4.78 is 56.0. The second-order valence-corrected chi connectivity index (χ2v) is 6.21. The van der Waals surface area contributed by atoms with Crippen LogP contribution in [-0.4, -0.2) is 42.6 Å². The SMILES string of the molecule is CC(=O)OC1C(OC(=Nc2ccccc2)C(F)(F)F)OC(C)[C@@H](N=[N+]=[N-])[C@@H]1C. The van der Waals surface area contributed by atoms with Crippen LogP contribution in [0.1, 0.15) is 20.8 Å². The fourth-order valence-corrected chi connectivity index (χ4v) is 2.83. The Morgan fingerprint density at radius 1 is 1.21 bits per heavy atom. The molecule has 0 aromatic heterocycles. The number of hydrogen-bond donors (Lipinski definition) is 0. The van der Waals surface area contributed by atoms with E-state index in [1.54, 1.807) is 13.0 Å². The minimum atomic E-state index is -4.91. The van der Waals surface area contributed by atoms with Crippen molar-refractivity contribution in [1.82, 2.24) is 0 Å². The normalized spacial score (nSPS) is 28.2. The molecule has 0 saturated carbocycles. The van der Waals surface area contributed by atoms with Crippen LogP contribution in [0.15, 0.2) is 40.4 Å². The third-order valence-corrected chi connectivity index (χ3v) is 4.10. The number of hydrogen-bond acceptors (Lipinski definition) is 6. The van der Waals surface area contributed by atoms with Crippen molar-refractivity contribution < 1.29 is 32.2 Å². The van der Waals surface area contributed by atoms with E-state index in [0.29, 0.717) is 0 Å². The van der Waals surface area contributed by atoms with Crippen molar-refractivity contribution in [2.24, 2.45) is 16.0 Å². The molecular formula is C17H19F3N4O4. The minimum absolute atomic E-state index is 0.0303. The number of nitrogens with zero attached hydrogens (tertiary/aromatic N) is 4. The van der Waals surface area contributed by atoms with Crippen LogP contribution in [0.25, 0.3) is 10.4 Å². The van der Waals surface area contributed by atoms with Crippen molar-refractivity contribution in [2.45, 2.75) is 51.5 Å². The maximum Gasteiger partial charge on any atom is 0.468 e. The molecule has 1 aliphatic heterocycles. The average molecular weight is 400 g/mol. The average Bonchev–Trinajstić information content (AvgIpc) is 2.61. The minimum Gasteiger partial charge on any atom is -0.456 e. The van der Waals surface area contributed by atoms with Crippen molar-refractivity contribution in [3.63, 3.8) is 0 Å². The summed E-state index contributed by atoms with van der Waals surface area (Å²) in [6.45, 7) is 4.20. The number of ether oxygens (including phenoxy) is 3. The van der Waals surface area contributed by atoms with Crippen LogP contribution in [0, 0.1) is 5.92 Å². The molecule has 2 rings (SSSR count). The number of azide groups is 1. The molecule has 28 heavy (non-hydrogen) atoms. The lowest BCUT2D eigenvalue weighted by atomic mass is 9.89. The van der Waals surface area contributed by atoms with Gasteiger partial charge in [-0.1, -0.05) is 30.2 Å². The molecule has 1 aromatic rings. The molecule has 5 atom stereocenters. The predicted octanol–water partition coefficient (Wildman–Crippen LogP) is 4.29. The lowest BCUT2D eigenvalue weighted by molar-refractivity contribution is -0.244. The lowest BCUT2D eigenvalue weighted by Gasteiger charge is -2.42. The zero-order valence-corrected chi connectivity index (χ0v) is 15.3. The van der Waals surface area contributed by atoms with Crippen molar-refractivity contribution in [2.75, 3.05) is 0 Å². The van der Waals surface area contributed by atoms with Crippen molar-refractivity contribution in [1.29, 1.82) is 0 Å². The molecule has 3 unspecified atom stereocenters. The van der Waals surface area contributed by atoms with Gasteiger partial charge in [-0.2, -0.15) is 13.2 Å². The molecule has 0 amide bonds. The number of esters is 1. The van der Waals surface area contributed by atoms with Gasteiger partial charge >= 0.3 is 12.1 Å². The molecule has 0 radical (unpaired) electrons. The van der Waals surface area contributed by atoms with Gasteiger partial charge in [-0.3, -0.25) is 4.79 Å². The topological polar surface area (TPSA) is 106 Å². The molecule has 1 fully saturated rings. The first-order valence-electron chi connectivity index (χ1n) is 8.38. The number of halogens is 3. The van der Waals surface area contributed by atoms with Gasteiger partial charge in [-0.05, 0) is 24.6 Å². The number of para-hydroxylation sites is 1. The van der Waals surface area contributed by atoms with E-state index in [4.69, 9.17) is 19.7 Å². The molecular weight excluding hydrogens is 381 g/mol. The molecule has 0 spiro atoms. The fourth-order valence-electron chi connectivity index (χ4n) is 2.83. The number of aliphatic imine (C=N–C) groups is 1. The number of carbonyl (C=O) groups is 1. The molecule has 8 nitrogen and oxygen atoms in total. The number of alkyl halides is 3. The second kappa shape index (κ2) is 8.94. The maximum absolute atomic E-state index is 13.5. The highest BCUT2D eigenvalue weighted by Gasteiger charge is 2.48. The van der Waals surface area contributed by atoms with Crippen molar-refractivity contribution >= 4 is 17.6 Å². The second-order valence-electron chi connectivity index (χ2n) is 6.21. The van der Waals surface area contributed by atoms with E-state index in [1.807, 2.05) is 0 Å². The Hall–Kier alpha value is -2.78. The molecule has 0 bridgehead atoms. The third kappa shape index (κ3) is 5.37. The van der Waals surface area contributed by atoms with E-state index in [0.717, 1.165) is 6.92 Å². The van der Waals surface area contributed by atoms with E-state index >= 15 is 0 Å². The highest BCUT2D eigenvalue weighted by molar-refractivity contribution is 5.84. The molecule has 0 aliphatic carbocycles. The quantitative estimate of drug-likeness (QED) is 0.188. The summed E-state index contributed by atoms with van der Waals surface area (Å²) >= 11 is 0. The van der Waals surface area contributed by atoms with E-state index in [1.165, 1.54) is 31.2 Å². The summed E-state index contributed by atoms with van der Waals surface area (Å²) in [5.41, 5.74) is 8.73. The van der Waals surface area contributed by atoms with Gasteiger partial charge in [0.25, 0.3) is 5.90 Å². The summed E-state index contributed by atoms with van der Waals surface area (Å²) in [5, 5.41) is 3.59. The van der Waals surface area contributed by atoms with Crippen LogP contribution in [0.5, 0.6) is 0 Å². The Kier molecular flexibility index (Phi) is 6.87. The van der Waals surface area contributed by atoms with Crippen LogP contribution < -0.4 is 0 Å². The van der Waals surface area contributed by atoms with Gasteiger partial charge in [0.15, 0.2) is 6.10 Å². The van der Waals surface area contributed by atoms with Crippen molar-refractivity contribution in [3.05, 3.63) is 40.8 Å². The van der Waals surface area contributed by atoms with Crippen LogP contribution in [0.2, 0.25) is 0 Å². The summed E-state index contributed by atoms with van der Waals surface area (Å²) in [7, 11) is 0. The summed E-state index contributed by atoms with van der Waals surface area (Å²) in [6.07, 6.45) is -8.49. The Morgan fingerprint density at radius 3 is 2.39 bits per heavy atom. The molecule has 152 valence electrons. The first-order valence-corrected chi connectivity index (χ1v) is 8.38. The molecule has 1 heterocycles. The van der Waals surface area contributed by atoms with Gasteiger partial charge in [0, 0.05) is 17.8 Å². The van der Waals surface area contributed by atoms with Crippen LogP contribution >= 0.6 is 0 Å². The standard InChI is InChI=1S/C17H19F3N4O4/c1-9-13(23-24-21)10(2)26-15(14(9)27-11(3)25)28-16(17(18,19)20)22-12-7-5-4-6-8-12/h4-10,13-15H,1-3H3/t9-,10?,13-,14?,15?/m0/s1. The smallest absolute Gasteiger partial charge is 0.456 e. The molecule has 11 heteroatoms. The van der Waals surface area contributed by atoms with Crippen LogP contribution in [0.4, 0.5) is 18.9 Å². The molecule has 0 N–H and O–H groups in total. The van der Waals surface area contributed by atoms with Crippen molar-refractivity contribution in [3.8, 4) is 0 Å². The van der Waals surface area contributed by atoms with Gasteiger partial charge < -0.3 is 14.2 Å². The predicted molar refractivity (Wildman–Crippen MR) is 92.7 cm³/mol. The Labute approximate surface area is 158 Å². The fraction of sp³-hybridized carbons (Fsp3) is 0.529. The summed E-state index contributed by atoms with van der Waals surface area (Å²) in [4.78, 5) is 17.7. The van der Waals surface area contributed by atoms with Gasteiger partial charge in [0.1, 0.15) is 0 Å². The van der Waals surface area contributed by atoms with E-state index < -0.39 is 48.5 Å². The Morgan fingerprint density at radius 2 is 1.86 bits per heavy atom. The zero-order valence-electron chi connectivity index (χ0n) is 15.3. The largest absolute Gasteiger partial charge is 0.468 e. The lowest BCUT2D eigenvalue weighted by Crippen LogP contribution is -2.55. The summed E-state index contributed by atoms with van der Waals surface area (Å²) in [6, 6.07) is 6.69. The Balaban J connectivity index is 2.36. The molecule has 1 saturated heterocycles. The van der Waals surface area contributed by atoms with E-state index in [2.05, 4.69) is 15.0 Å². The van der Waals surface area contributed by atoms with Gasteiger partial charge in [0.05, 0.1) is 17.8 Å². The highest BCUT2D eigenvalue weighted by Crippen LogP contribution is 2.33. The van der Waals surface area contributed by atoms with Gasteiger partial charge in [-0.15, -0.1) is 0 Å². The van der Waals surface area contributed by atoms with E-state index in [-0.39, 0.29) is 5.69 Å². The molecule has 1 aromatic carbocycles. The molecule has 1 aliphatic rings. The van der Waals surface area contributed by atoms with Gasteiger partial charge in [-0.25, -0.2) is 4.99 Å². The summed E-state index contributed by atoms with van der Waals surface area (Å²) in [5.74, 6) is -2.93. The Bertz CT molecular complexity index is 765. The third-order valence-electron chi connectivity index (χ3n) is 4.10. The highest BCUT2D eigenvalue weighted by atomic mass is 19.4. The first kappa shape index (κ1) is 21.5. The van der Waals surface area contributed by atoms with E-state index in [9.17, 15) is 18.0 Å². The first-order chi connectivity index (χ1) is 13.1. The van der Waals surface area contributed by atoms with Crippen LogP contribution in [0.3, 0.4) is 0 Å². The zero-order chi connectivity index (χ0) is 20.9. The monoisotopic (exact) mass is 400 g/mol. The number of benzene rings is 1. The number of rotatable bonds is 4. The van der Waals surface area contributed by atoms with Crippen LogP contribution in [-0.2, 0) is 19.0 Å². The number of carbonyl (C=O) groups excluding carboxylic acids is 1. The van der Waals surface area contributed by atoms with Gasteiger partial charge in [0.2, 0.25) is 6.29 Å². The maximum atomic E-state index is 13.5.